The predicted molar refractivity (Wildman–Crippen MR) is 134 cm³/mol. The van der Waals surface area contributed by atoms with E-state index in [0.29, 0.717) is 37.8 Å². The lowest BCUT2D eigenvalue weighted by molar-refractivity contribution is -0.155. The smallest absolute Gasteiger partial charge is 0.253 e. The highest BCUT2D eigenvalue weighted by atomic mass is 19.1. The van der Waals surface area contributed by atoms with E-state index in [1.807, 2.05) is 18.7 Å². The molecule has 1 aromatic heterocycles. The zero-order valence-electron chi connectivity index (χ0n) is 21.2. The van der Waals surface area contributed by atoms with Crippen molar-refractivity contribution >= 4 is 5.91 Å². The molecule has 1 saturated carbocycles. The molecule has 6 nitrogen and oxygen atoms in total. The third-order valence-corrected chi connectivity index (χ3v) is 8.41. The number of aromatic nitrogens is 2. The van der Waals surface area contributed by atoms with E-state index in [1.54, 1.807) is 18.2 Å². The van der Waals surface area contributed by atoms with Crippen LogP contribution in [0.25, 0.3) is 11.3 Å². The van der Waals surface area contributed by atoms with E-state index >= 15 is 0 Å². The van der Waals surface area contributed by atoms with Gasteiger partial charge in [0.15, 0.2) is 0 Å². The zero-order chi connectivity index (χ0) is 25.2. The van der Waals surface area contributed by atoms with Gasteiger partial charge in [0.05, 0.1) is 24.2 Å². The van der Waals surface area contributed by atoms with Gasteiger partial charge in [-0.05, 0) is 30.4 Å². The van der Waals surface area contributed by atoms with Crippen molar-refractivity contribution in [1.82, 2.24) is 14.5 Å². The van der Waals surface area contributed by atoms with Crippen LogP contribution in [-0.2, 0) is 11.3 Å². The fourth-order valence-electron chi connectivity index (χ4n) is 5.78. The van der Waals surface area contributed by atoms with Crippen LogP contribution in [0.5, 0.6) is 0 Å². The van der Waals surface area contributed by atoms with Crippen molar-refractivity contribution in [3.8, 4) is 11.3 Å². The molecular formula is C28H38FN3O3. The lowest BCUT2D eigenvalue weighted by Gasteiger charge is -2.50. The molecule has 0 bridgehead atoms. The highest BCUT2D eigenvalue weighted by molar-refractivity contribution is 5.76. The number of rotatable bonds is 6. The van der Waals surface area contributed by atoms with Gasteiger partial charge in [-0.15, -0.1) is 0 Å². The van der Waals surface area contributed by atoms with E-state index in [2.05, 4.69) is 11.9 Å². The summed E-state index contributed by atoms with van der Waals surface area (Å²) in [5.41, 5.74) is -1.60. The quantitative estimate of drug-likeness (QED) is 0.649. The van der Waals surface area contributed by atoms with Gasteiger partial charge in [0.2, 0.25) is 5.91 Å². The van der Waals surface area contributed by atoms with Crippen molar-refractivity contribution < 1.29 is 14.3 Å². The van der Waals surface area contributed by atoms with Gasteiger partial charge in [0.25, 0.3) is 5.56 Å². The number of nitrogens with zero attached hydrogens (tertiary/aromatic N) is 3. The largest absolute Gasteiger partial charge is 0.387 e. The summed E-state index contributed by atoms with van der Waals surface area (Å²) < 4.78 is 15.5. The van der Waals surface area contributed by atoms with Gasteiger partial charge in [-0.2, -0.15) is 0 Å². The average Bonchev–Trinajstić information content (AvgIpc) is 2.83. The topological polar surface area (TPSA) is 75.4 Å². The van der Waals surface area contributed by atoms with E-state index in [4.69, 9.17) is 0 Å². The summed E-state index contributed by atoms with van der Waals surface area (Å²) in [6.07, 6.45) is 8.59. The molecule has 1 aliphatic heterocycles. The molecule has 0 radical (unpaired) electrons. The summed E-state index contributed by atoms with van der Waals surface area (Å²) in [6, 6.07) is 7.51. The van der Waals surface area contributed by atoms with Crippen LogP contribution < -0.4 is 5.56 Å². The Bertz CT molecular complexity index is 1110. The van der Waals surface area contributed by atoms with E-state index in [9.17, 15) is 19.1 Å². The summed E-state index contributed by atoms with van der Waals surface area (Å²) in [4.78, 5) is 32.1. The van der Waals surface area contributed by atoms with E-state index in [0.717, 1.165) is 0 Å². The Morgan fingerprint density at radius 2 is 1.94 bits per heavy atom. The normalized spacial score (nSPS) is 23.7. The minimum atomic E-state index is -1.18. The Kier molecular flexibility index (Phi) is 7.46. The molecule has 1 amide bonds. The summed E-state index contributed by atoms with van der Waals surface area (Å²) in [5, 5.41) is 11.6. The lowest BCUT2D eigenvalue weighted by Crippen LogP contribution is -2.60. The Hall–Kier alpha value is -2.54. The van der Waals surface area contributed by atoms with Crippen LogP contribution >= 0.6 is 0 Å². The first-order valence-corrected chi connectivity index (χ1v) is 12.9. The SMILES string of the molecule is CC(CC(=O)N1CCC(O)(Cn2cnc(-c3ccccc3F)cc2=O)C(C)(C)C1)C1CCCCC1. The fraction of sp³-hybridized carbons (Fsp3) is 0.607. The van der Waals surface area contributed by atoms with Crippen LogP contribution in [0, 0.1) is 23.1 Å². The van der Waals surface area contributed by atoms with Gasteiger partial charge in [0, 0.05) is 36.6 Å². The average molecular weight is 484 g/mol. The molecule has 2 heterocycles. The molecule has 2 fully saturated rings. The zero-order valence-corrected chi connectivity index (χ0v) is 21.2. The van der Waals surface area contributed by atoms with Crippen molar-refractivity contribution in [3.63, 3.8) is 0 Å². The molecule has 2 unspecified atom stereocenters. The number of piperidine rings is 1. The van der Waals surface area contributed by atoms with Gasteiger partial charge in [-0.25, -0.2) is 9.37 Å². The first-order chi connectivity index (χ1) is 16.6. The lowest BCUT2D eigenvalue weighted by atomic mass is 9.69. The van der Waals surface area contributed by atoms with Crippen LogP contribution in [-0.4, -0.2) is 44.2 Å². The second-order valence-corrected chi connectivity index (χ2v) is 11.3. The maximum atomic E-state index is 14.1. The van der Waals surface area contributed by atoms with E-state index < -0.39 is 16.8 Å². The predicted octanol–water partition coefficient (Wildman–Crippen LogP) is 4.65. The van der Waals surface area contributed by atoms with E-state index in [-0.39, 0.29) is 29.3 Å². The minimum absolute atomic E-state index is 0.0733. The van der Waals surface area contributed by atoms with Crippen LogP contribution in [0.1, 0.15) is 65.7 Å². The van der Waals surface area contributed by atoms with Gasteiger partial charge < -0.3 is 10.0 Å². The molecule has 35 heavy (non-hydrogen) atoms. The van der Waals surface area contributed by atoms with Crippen molar-refractivity contribution in [1.29, 1.82) is 0 Å². The molecule has 2 aromatic rings. The van der Waals surface area contributed by atoms with Crippen molar-refractivity contribution in [2.45, 2.75) is 77.9 Å². The number of aliphatic hydroxyl groups is 1. The van der Waals surface area contributed by atoms with Crippen LogP contribution in [0.4, 0.5) is 4.39 Å². The van der Waals surface area contributed by atoms with Gasteiger partial charge >= 0.3 is 0 Å². The standard InChI is InChI=1S/C28H38FN3O3/c1-20(21-9-5-4-6-10-21)15-25(33)31-14-13-28(35,27(2,3)17-31)18-32-19-30-24(16-26(32)34)22-11-7-8-12-23(22)29/h7-8,11-12,16,19-21,35H,4-6,9-10,13-15,17-18H2,1-3H3. The fourth-order valence-corrected chi connectivity index (χ4v) is 5.78. The molecule has 1 saturated heterocycles. The molecule has 1 aromatic carbocycles. The number of likely N-dealkylation sites (tertiary alicyclic amines) is 1. The maximum Gasteiger partial charge on any atom is 0.253 e. The Morgan fingerprint density at radius 1 is 1.23 bits per heavy atom. The van der Waals surface area contributed by atoms with Crippen molar-refractivity contribution in [2.24, 2.45) is 17.3 Å². The van der Waals surface area contributed by atoms with Gasteiger partial charge in [-0.1, -0.05) is 65.0 Å². The number of amides is 1. The Morgan fingerprint density at radius 3 is 2.60 bits per heavy atom. The molecule has 2 atom stereocenters. The Labute approximate surface area is 207 Å². The minimum Gasteiger partial charge on any atom is -0.387 e. The summed E-state index contributed by atoms with van der Waals surface area (Å²) in [7, 11) is 0. The molecule has 1 N–H and O–H groups in total. The second kappa shape index (κ2) is 10.2. The number of carbonyl (C=O) groups is 1. The van der Waals surface area contributed by atoms with Crippen LogP contribution in [0.2, 0.25) is 0 Å². The van der Waals surface area contributed by atoms with Crippen molar-refractivity contribution in [3.05, 3.63) is 52.8 Å². The highest BCUT2D eigenvalue weighted by Crippen LogP contribution is 2.40. The number of halogens is 1. The summed E-state index contributed by atoms with van der Waals surface area (Å²) in [6.45, 7) is 7.07. The second-order valence-electron chi connectivity index (χ2n) is 11.3. The molecule has 190 valence electrons. The van der Waals surface area contributed by atoms with Gasteiger partial charge in [-0.3, -0.25) is 14.2 Å². The number of hydrogen-bond acceptors (Lipinski definition) is 4. The van der Waals surface area contributed by atoms with Crippen LogP contribution in [0.3, 0.4) is 0 Å². The number of benzene rings is 1. The number of hydrogen-bond donors (Lipinski definition) is 1. The maximum absolute atomic E-state index is 14.1. The summed E-state index contributed by atoms with van der Waals surface area (Å²) in [5.74, 6) is 0.733. The Balaban J connectivity index is 1.43. The number of carbonyl (C=O) groups excluding carboxylic acids is 1. The molecular weight excluding hydrogens is 445 g/mol. The summed E-state index contributed by atoms with van der Waals surface area (Å²) >= 11 is 0. The highest BCUT2D eigenvalue weighted by Gasteiger charge is 2.49. The van der Waals surface area contributed by atoms with Gasteiger partial charge in [0.1, 0.15) is 5.82 Å². The molecule has 7 heteroatoms. The third-order valence-electron chi connectivity index (χ3n) is 8.41. The first-order valence-electron chi connectivity index (χ1n) is 12.9. The molecule has 1 aliphatic carbocycles. The first kappa shape index (κ1) is 25.5. The van der Waals surface area contributed by atoms with Crippen LogP contribution in [0.15, 0.2) is 41.5 Å². The molecule has 2 aliphatic rings. The third kappa shape index (κ3) is 5.50. The molecule has 0 spiro atoms. The molecule has 4 rings (SSSR count). The van der Waals surface area contributed by atoms with E-state index in [1.165, 1.54) is 55.1 Å². The monoisotopic (exact) mass is 483 g/mol. The van der Waals surface area contributed by atoms with Crippen molar-refractivity contribution in [2.75, 3.05) is 13.1 Å².